The molecule has 4 rings (SSSR count). The molecule has 0 spiro atoms. The molecule has 5 heteroatoms. The first-order valence-corrected chi connectivity index (χ1v) is 14.9. The zero-order valence-electron chi connectivity index (χ0n) is 24.0. The minimum absolute atomic E-state index is 0.0592. The molecule has 0 bridgehead atoms. The third-order valence-corrected chi connectivity index (χ3v) is 11.3. The summed E-state index contributed by atoms with van der Waals surface area (Å²) >= 11 is 0. The largest absolute Gasteiger partial charge is 0.463 e. The maximum Gasteiger partial charge on any atom is 0.331 e. The van der Waals surface area contributed by atoms with Crippen molar-refractivity contribution in [2.45, 2.75) is 125 Å². The first-order valence-electron chi connectivity index (χ1n) is 14.9. The third kappa shape index (κ3) is 5.27. The molecule has 0 heterocycles. The Morgan fingerprint density at radius 3 is 2.31 bits per heavy atom. The van der Waals surface area contributed by atoms with Crippen molar-refractivity contribution < 1.29 is 19.2 Å². The minimum Gasteiger partial charge on any atom is -0.463 e. The summed E-state index contributed by atoms with van der Waals surface area (Å²) in [7, 11) is 0. The van der Waals surface area contributed by atoms with Gasteiger partial charge in [0, 0.05) is 19.8 Å². The van der Waals surface area contributed by atoms with E-state index in [0.717, 1.165) is 55.1 Å². The molecular formula is C31H51NO4. The SMILES string of the molecule is CC(=O)O/N=C1/C[C@H]2[C@H](CC[C@@]3(C)[C@@H]([C@H](C)CCCC(C)C)CC[C@@H]23)[C@@]2(C)CC[C@@H](OC(C)=O)C[C@H]12. The van der Waals surface area contributed by atoms with E-state index < -0.39 is 0 Å². The predicted molar refractivity (Wildman–Crippen MR) is 143 cm³/mol. The van der Waals surface area contributed by atoms with Crippen LogP contribution in [0.5, 0.6) is 0 Å². The predicted octanol–water partition coefficient (Wildman–Crippen LogP) is 7.57. The van der Waals surface area contributed by atoms with Gasteiger partial charge in [-0.1, -0.05) is 59.0 Å². The molecule has 36 heavy (non-hydrogen) atoms. The van der Waals surface area contributed by atoms with Gasteiger partial charge >= 0.3 is 11.9 Å². The van der Waals surface area contributed by atoms with E-state index >= 15 is 0 Å². The van der Waals surface area contributed by atoms with Crippen LogP contribution in [0.25, 0.3) is 0 Å². The van der Waals surface area contributed by atoms with Crippen LogP contribution in [0, 0.1) is 52.3 Å². The van der Waals surface area contributed by atoms with Gasteiger partial charge < -0.3 is 9.57 Å². The molecule has 0 radical (unpaired) electrons. The molecule has 0 aromatic heterocycles. The fourth-order valence-electron chi connectivity index (χ4n) is 9.62. The van der Waals surface area contributed by atoms with Gasteiger partial charge in [0.05, 0.1) is 5.71 Å². The lowest BCUT2D eigenvalue weighted by molar-refractivity contribution is -0.153. The van der Waals surface area contributed by atoms with Crippen molar-refractivity contribution in [3.05, 3.63) is 0 Å². The molecule has 0 aromatic rings. The van der Waals surface area contributed by atoms with Crippen LogP contribution in [0.15, 0.2) is 5.16 Å². The molecule has 4 aliphatic rings. The number of carbonyl (C=O) groups excluding carboxylic acids is 2. The Hall–Kier alpha value is -1.39. The number of esters is 1. The van der Waals surface area contributed by atoms with E-state index in [2.05, 4.69) is 39.8 Å². The van der Waals surface area contributed by atoms with Crippen LogP contribution in [0.3, 0.4) is 0 Å². The number of nitrogens with zero attached hydrogens (tertiary/aromatic N) is 1. The van der Waals surface area contributed by atoms with Crippen LogP contribution in [0.1, 0.15) is 119 Å². The first kappa shape index (κ1) is 27.6. The Balaban J connectivity index is 1.57. The van der Waals surface area contributed by atoms with Gasteiger partial charge in [-0.3, -0.25) is 4.79 Å². The Morgan fingerprint density at radius 2 is 1.64 bits per heavy atom. The minimum atomic E-state index is -0.358. The van der Waals surface area contributed by atoms with Gasteiger partial charge in [0.1, 0.15) is 6.10 Å². The highest BCUT2D eigenvalue weighted by molar-refractivity contribution is 5.89. The summed E-state index contributed by atoms with van der Waals surface area (Å²) in [5.41, 5.74) is 1.58. The summed E-state index contributed by atoms with van der Waals surface area (Å²) in [4.78, 5) is 28.7. The van der Waals surface area contributed by atoms with Gasteiger partial charge in [-0.2, -0.15) is 0 Å². The highest BCUT2D eigenvalue weighted by atomic mass is 16.7. The number of hydrogen-bond acceptors (Lipinski definition) is 5. The maximum absolute atomic E-state index is 11.7. The average Bonchev–Trinajstić information content (AvgIpc) is 3.14. The molecule has 204 valence electrons. The number of hydrogen-bond donors (Lipinski definition) is 0. The lowest BCUT2D eigenvalue weighted by atomic mass is 9.44. The van der Waals surface area contributed by atoms with Gasteiger partial charge in [0.2, 0.25) is 0 Å². The highest BCUT2D eigenvalue weighted by Gasteiger charge is 2.62. The zero-order valence-corrected chi connectivity index (χ0v) is 24.0. The van der Waals surface area contributed by atoms with E-state index in [1.54, 1.807) is 0 Å². The molecule has 0 amide bonds. The summed E-state index contributed by atoms with van der Waals surface area (Å²) < 4.78 is 5.67. The summed E-state index contributed by atoms with van der Waals surface area (Å²) in [6, 6.07) is 0. The molecule has 0 aromatic carbocycles. The molecule has 5 nitrogen and oxygen atoms in total. The van der Waals surface area contributed by atoms with Crippen molar-refractivity contribution in [3.63, 3.8) is 0 Å². The standard InChI is InChI=1S/C31H51NO4/c1-19(2)9-8-10-20(3)25-11-12-26-24-18-29(32-36-22(5)34)28-17-23(35-21(4)33)13-15-31(28,7)27(24)14-16-30(25,26)6/h19-20,23-28H,8-18H2,1-7H3/b32-29-/t20-,23-,24-,25-,26+,27+,28-,30+,31-/m1/s1. The lowest BCUT2D eigenvalue weighted by Crippen LogP contribution is -2.57. The van der Waals surface area contributed by atoms with Crippen LogP contribution >= 0.6 is 0 Å². The Kier molecular flexibility index (Phi) is 8.27. The topological polar surface area (TPSA) is 65.0 Å². The Morgan fingerprint density at radius 1 is 0.944 bits per heavy atom. The van der Waals surface area contributed by atoms with Gasteiger partial charge in [-0.15, -0.1) is 0 Å². The second-order valence-corrected chi connectivity index (χ2v) is 13.8. The normalized spacial score (nSPS) is 41.8. The molecule has 4 saturated carbocycles. The second kappa shape index (κ2) is 10.8. The molecule has 0 unspecified atom stereocenters. The Bertz CT molecular complexity index is 852. The zero-order chi connectivity index (χ0) is 26.3. The van der Waals surface area contributed by atoms with Crippen LogP contribution in [-0.2, 0) is 19.2 Å². The summed E-state index contributed by atoms with van der Waals surface area (Å²) in [5.74, 6) is 4.05. The maximum atomic E-state index is 11.7. The van der Waals surface area contributed by atoms with Crippen LogP contribution in [-0.4, -0.2) is 23.8 Å². The van der Waals surface area contributed by atoms with Gasteiger partial charge in [-0.05, 0) is 97.7 Å². The van der Waals surface area contributed by atoms with E-state index in [0.29, 0.717) is 17.3 Å². The number of rotatable bonds is 7. The molecule has 0 aliphatic heterocycles. The fraction of sp³-hybridized carbons (Fsp3) is 0.903. The van der Waals surface area contributed by atoms with Gasteiger partial charge in [-0.25, -0.2) is 4.79 Å². The van der Waals surface area contributed by atoms with Crippen molar-refractivity contribution in [1.29, 1.82) is 0 Å². The van der Waals surface area contributed by atoms with Crippen LogP contribution in [0.2, 0.25) is 0 Å². The van der Waals surface area contributed by atoms with E-state index in [1.165, 1.54) is 58.8 Å². The number of carbonyl (C=O) groups is 2. The quantitative estimate of drug-likeness (QED) is 0.205. The summed E-state index contributed by atoms with van der Waals surface area (Å²) in [6.07, 6.45) is 13.0. The van der Waals surface area contributed by atoms with Crippen molar-refractivity contribution in [2.75, 3.05) is 0 Å². The van der Waals surface area contributed by atoms with Crippen molar-refractivity contribution >= 4 is 17.7 Å². The van der Waals surface area contributed by atoms with E-state index in [1.807, 2.05) is 0 Å². The average molecular weight is 502 g/mol. The van der Waals surface area contributed by atoms with Gasteiger partial charge in [0.25, 0.3) is 0 Å². The second-order valence-electron chi connectivity index (χ2n) is 13.8. The number of fused-ring (bicyclic) bond motifs is 5. The monoisotopic (exact) mass is 501 g/mol. The molecule has 4 aliphatic carbocycles. The number of oxime groups is 1. The molecule has 4 fully saturated rings. The third-order valence-electron chi connectivity index (χ3n) is 11.3. The van der Waals surface area contributed by atoms with Gasteiger partial charge in [0.15, 0.2) is 0 Å². The molecular weight excluding hydrogens is 450 g/mol. The van der Waals surface area contributed by atoms with E-state index in [9.17, 15) is 9.59 Å². The van der Waals surface area contributed by atoms with Crippen molar-refractivity contribution in [2.24, 2.45) is 57.4 Å². The molecule has 9 atom stereocenters. The number of ether oxygens (including phenoxy) is 1. The highest BCUT2D eigenvalue weighted by Crippen LogP contribution is 2.68. The molecule has 0 saturated heterocycles. The van der Waals surface area contributed by atoms with E-state index in [-0.39, 0.29) is 29.4 Å². The Labute approximate surface area is 219 Å². The lowest BCUT2D eigenvalue weighted by Gasteiger charge is -2.61. The first-order chi connectivity index (χ1) is 17.0. The summed E-state index contributed by atoms with van der Waals surface area (Å²) in [6.45, 7) is 15.2. The van der Waals surface area contributed by atoms with E-state index in [4.69, 9.17) is 9.57 Å². The smallest absolute Gasteiger partial charge is 0.331 e. The van der Waals surface area contributed by atoms with Crippen LogP contribution in [0.4, 0.5) is 0 Å². The summed E-state index contributed by atoms with van der Waals surface area (Å²) in [5, 5.41) is 4.49. The van der Waals surface area contributed by atoms with Crippen molar-refractivity contribution in [1.82, 2.24) is 0 Å². The van der Waals surface area contributed by atoms with Crippen LogP contribution < -0.4 is 0 Å². The molecule has 0 N–H and O–H groups in total. The fourth-order valence-corrected chi connectivity index (χ4v) is 9.62. The van der Waals surface area contributed by atoms with Crippen molar-refractivity contribution in [3.8, 4) is 0 Å².